The average Bonchev–Trinajstić information content (AvgIpc) is 2.28. The van der Waals surface area contributed by atoms with E-state index in [2.05, 4.69) is 4.98 Å². The zero-order valence-electron chi connectivity index (χ0n) is 9.18. The molecule has 0 fully saturated rings. The molecule has 0 aliphatic rings. The minimum Gasteiger partial charge on any atom is -0.339 e. The van der Waals surface area contributed by atoms with Crippen molar-refractivity contribution >= 4 is 27.9 Å². The molecule has 2 aromatic rings. The van der Waals surface area contributed by atoms with E-state index in [1.807, 2.05) is 30.3 Å². The zero-order valence-corrected chi connectivity index (χ0v) is 9.99. The Bertz CT molecular complexity index is 525. The first-order valence-corrected chi connectivity index (χ1v) is 5.72. The molecule has 4 heteroatoms. The molecule has 1 heterocycles. The molecular formula is C12H12N2OS. The summed E-state index contributed by atoms with van der Waals surface area (Å²) in [6, 6.07) is 9.76. The Labute approximate surface area is 98.5 Å². The predicted octanol–water partition coefficient (Wildman–Crippen LogP) is 3.01. The van der Waals surface area contributed by atoms with Crippen LogP contribution in [-0.2, 0) is 0 Å². The van der Waals surface area contributed by atoms with Crippen molar-refractivity contribution in [3.05, 3.63) is 36.5 Å². The van der Waals surface area contributed by atoms with Crippen molar-refractivity contribution in [1.29, 1.82) is 0 Å². The van der Waals surface area contributed by atoms with Crippen LogP contribution in [0.5, 0.6) is 0 Å². The molecular weight excluding hydrogens is 220 g/mol. The van der Waals surface area contributed by atoms with Gasteiger partial charge in [0.25, 0.3) is 5.24 Å². The van der Waals surface area contributed by atoms with E-state index < -0.39 is 0 Å². The third-order valence-electron chi connectivity index (χ3n) is 2.15. The van der Waals surface area contributed by atoms with Crippen molar-refractivity contribution in [2.24, 2.45) is 0 Å². The molecule has 16 heavy (non-hydrogen) atoms. The first-order chi connectivity index (χ1) is 7.66. The van der Waals surface area contributed by atoms with Gasteiger partial charge in [0.1, 0.15) is 0 Å². The summed E-state index contributed by atoms with van der Waals surface area (Å²) in [7, 11) is 3.49. The van der Waals surface area contributed by atoms with Crippen molar-refractivity contribution in [3.63, 3.8) is 0 Å². The van der Waals surface area contributed by atoms with Crippen LogP contribution in [-0.4, -0.2) is 29.2 Å². The molecule has 0 radical (unpaired) electrons. The average molecular weight is 232 g/mol. The molecule has 1 aromatic carbocycles. The van der Waals surface area contributed by atoms with Crippen molar-refractivity contribution in [2.45, 2.75) is 4.90 Å². The molecule has 0 unspecified atom stereocenters. The van der Waals surface area contributed by atoms with Gasteiger partial charge in [-0.15, -0.1) is 0 Å². The van der Waals surface area contributed by atoms with Gasteiger partial charge < -0.3 is 4.90 Å². The maximum Gasteiger partial charge on any atom is 0.285 e. The monoisotopic (exact) mass is 232 g/mol. The highest BCUT2D eigenvalue weighted by Gasteiger charge is 2.07. The summed E-state index contributed by atoms with van der Waals surface area (Å²) < 4.78 is 0. The van der Waals surface area contributed by atoms with Gasteiger partial charge in [-0.3, -0.25) is 9.78 Å². The van der Waals surface area contributed by atoms with E-state index in [1.165, 1.54) is 11.8 Å². The Hall–Kier alpha value is -1.55. The minimum atomic E-state index is 0.0234. The van der Waals surface area contributed by atoms with Gasteiger partial charge in [0, 0.05) is 30.6 Å². The molecule has 1 amide bonds. The fourth-order valence-corrected chi connectivity index (χ4v) is 1.99. The molecule has 3 nitrogen and oxygen atoms in total. The molecule has 0 aliphatic carbocycles. The van der Waals surface area contributed by atoms with Gasteiger partial charge in [-0.2, -0.15) is 0 Å². The van der Waals surface area contributed by atoms with E-state index in [0.29, 0.717) is 0 Å². The Morgan fingerprint density at radius 1 is 1.31 bits per heavy atom. The van der Waals surface area contributed by atoms with Crippen LogP contribution in [0.3, 0.4) is 0 Å². The summed E-state index contributed by atoms with van der Waals surface area (Å²) in [5.74, 6) is 0. The topological polar surface area (TPSA) is 33.2 Å². The highest BCUT2D eigenvalue weighted by molar-refractivity contribution is 8.13. The van der Waals surface area contributed by atoms with Gasteiger partial charge in [0.05, 0.1) is 5.52 Å². The molecule has 82 valence electrons. The maximum atomic E-state index is 11.5. The van der Waals surface area contributed by atoms with E-state index in [-0.39, 0.29) is 5.24 Å². The summed E-state index contributed by atoms with van der Waals surface area (Å²) in [5, 5.41) is 1.11. The smallest absolute Gasteiger partial charge is 0.285 e. The Morgan fingerprint density at radius 2 is 2.12 bits per heavy atom. The Balaban J connectivity index is 2.29. The Kier molecular flexibility index (Phi) is 3.10. The second-order valence-corrected chi connectivity index (χ2v) is 4.65. The van der Waals surface area contributed by atoms with Crippen LogP contribution in [0.1, 0.15) is 0 Å². The Morgan fingerprint density at radius 3 is 2.88 bits per heavy atom. The van der Waals surface area contributed by atoms with Gasteiger partial charge in [-0.05, 0) is 30.0 Å². The number of fused-ring (bicyclic) bond motifs is 1. The highest BCUT2D eigenvalue weighted by Crippen LogP contribution is 2.23. The van der Waals surface area contributed by atoms with Gasteiger partial charge in [0.15, 0.2) is 0 Å². The van der Waals surface area contributed by atoms with E-state index in [1.54, 1.807) is 25.2 Å². The zero-order chi connectivity index (χ0) is 11.5. The lowest BCUT2D eigenvalue weighted by Gasteiger charge is -2.09. The normalized spacial score (nSPS) is 10.4. The molecule has 0 saturated carbocycles. The predicted molar refractivity (Wildman–Crippen MR) is 66.7 cm³/mol. The van der Waals surface area contributed by atoms with Crippen molar-refractivity contribution in [3.8, 4) is 0 Å². The minimum absolute atomic E-state index is 0.0234. The number of amides is 1. The maximum absolute atomic E-state index is 11.5. The lowest BCUT2D eigenvalue weighted by Crippen LogP contribution is -2.15. The number of pyridine rings is 1. The number of benzene rings is 1. The van der Waals surface area contributed by atoms with Crippen molar-refractivity contribution in [2.75, 3.05) is 14.1 Å². The number of rotatable bonds is 1. The largest absolute Gasteiger partial charge is 0.339 e. The summed E-state index contributed by atoms with van der Waals surface area (Å²) in [5.41, 5.74) is 0.916. The van der Waals surface area contributed by atoms with Crippen molar-refractivity contribution in [1.82, 2.24) is 9.88 Å². The van der Waals surface area contributed by atoms with Gasteiger partial charge in [-0.25, -0.2) is 0 Å². The van der Waals surface area contributed by atoms with E-state index in [4.69, 9.17) is 0 Å². The van der Waals surface area contributed by atoms with Crippen LogP contribution in [0.2, 0.25) is 0 Å². The standard InChI is InChI=1S/C12H12N2OS/c1-14(2)12(15)16-10-6-5-9-4-3-7-13-11(9)8-10/h3-8H,1-2H3. The van der Waals surface area contributed by atoms with Crippen LogP contribution in [0.15, 0.2) is 41.4 Å². The second kappa shape index (κ2) is 4.53. The number of thioether (sulfide) groups is 1. The number of hydrogen-bond acceptors (Lipinski definition) is 3. The van der Waals surface area contributed by atoms with Gasteiger partial charge in [0.2, 0.25) is 0 Å². The fraction of sp³-hybridized carbons (Fsp3) is 0.167. The van der Waals surface area contributed by atoms with E-state index in [0.717, 1.165) is 15.8 Å². The van der Waals surface area contributed by atoms with Crippen LogP contribution in [0.4, 0.5) is 4.79 Å². The number of nitrogens with zero attached hydrogens (tertiary/aromatic N) is 2. The molecule has 0 saturated heterocycles. The fourth-order valence-electron chi connectivity index (χ4n) is 1.30. The molecule has 0 spiro atoms. The quantitative estimate of drug-likeness (QED) is 0.709. The first kappa shape index (κ1) is 11.0. The van der Waals surface area contributed by atoms with E-state index in [9.17, 15) is 4.79 Å². The van der Waals surface area contributed by atoms with E-state index >= 15 is 0 Å². The van der Waals surface area contributed by atoms with Crippen LogP contribution < -0.4 is 0 Å². The summed E-state index contributed by atoms with van der Waals surface area (Å²) in [4.78, 5) is 18.3. The number of carbonyl (C=O) groups excluding carboxylic acids is 1. The molecule has 0 N–H and O–H groups in total. The molecule has 0 bridgehead atoms. The summed E-state index contributed by atoms with van der Waals surface area (Å²) in [6.07, 6.45) is 1.75. The summed E-state index contributed by atoms with van der Waals surface area (Å²) in [6.45, 7) is 0. The third-order valence-corrected chi connectivity index (χ3v) is 3.18. The highest BCUT2D eigenvalue weighted by atomic mass is 32.2. The number of carbonyl (C=O) groups is 1. The summed E-state index contributed by atoms with van der Waals surface area (Å²) >= 11 is 1.21. The third kappa shape index (κ3) is 2.33. The van der Waals surface area contributed by atoms with Crippen molar-refractivity contribution < 1.29 is 4.79 Å². The lowest BCUT2D eigenvalue weighted by molar-refractivity contribution is 0.241. The van der Waals surface area contributed by atoms with Gasteiger partial charge in [-0.1, -0.05) is 12.1 Å². The van der Waals surface area contributed by atoms with Crippen LogP contribution in [0.25, 0.3) is 10.9 Å². The first-order valence-electron chi connectivity index (χ1n) is 4.91. The number of aromatic nitrogens is 1. The van der Waals surface area contributed by atoms with Gasteiger partial charge >= 0.3 is 0 Å². The van der Waals surface area contributed by atoms with Crippen LogP contribution in [0, 0.1) is 0 Å². The molecule has 0 atom stereocenters. The van der Waals surface area contributed by atoms with Crippen LogP contribution >= 0.6 is 11.8 Å². The SMILES string of the molecule is CN(C)C(=O)Sc1ccc2cccnc2c1. The molecule has 0 aliphatic heterocycles. The number of hydrogen-bond donors (Lipinski definition) is 0. The molecule has 1 aromatic heterocycles. The molecule has 2 rings (SSSR count). The lowest BCUT2D eigenvalue weighted by atomic mass is 10.2. The second-order valence-electron chi connectivity index (χ2n) is 3.62.